The lowest BCUT2D eigenvalue weighted by atomic mass is 10.1. The summed E-state index contributed by atoms with van der Waals surface area (Å²) in [6, 6.07) is 4.96. The Morgan fingerprint density at radius 1 is 0.870 bits per heavy atom. The molecule has 0 fully saturated rings. The van der Waals surface area contributed by atoms with Gasteiger partial charge in [-0.1, -0.05) is 12.1 Å². The second kappa shape index (κ2) is 6.59. The largest absolute Gasteiger partial charge is 0.293 e. The molecule has 0 aromatic heterocycles. The third-order valence-corrected chi connectivity index (χ3v) is 2.79. The Morgan fingerprint density at radius 3 is 2.00 bits per heavy atom. The van der Waals surface area contributed by atoms with Gasteiger partial charge in [-0.3, -0.25) is 15.6 Å². The normalized spacial score (nSPS) is 10.5. The number of hydrazine groups is 1. The zero-order valence-electron chi connectivity index (χ0n) is 11.2. The fourth-order valence-electron chi connectivity index (χ4n) is 1.72. The number of carbonyl (C=O) groups is 1. The van der Waals surface area contributed by atoms with E-state index < -0.39 is 46.5 Å². The molecule has 2 aromatic carbocycles. The van der Waals surface area contributed by atoms with Gasteiger partial charge in [0.1, 0.15) is 11.5 Å². The summed E-state index contributed by atoms with van der Waals surface area (Å²) in [7, 11) is 0. The number of amides is 1. The van der Waals surface area contributed by atoms with Crippen LogP contribution in [-0.2, 0) is 11.2 Å². The molecule has 0 spiro atoms. The molecule has 1 amide bonds. The highest BCUT2D eigenvalue weighted by Gasteiger charge is 2.26. The van der Waals surface area contributed by atoms with Crippen molar-refractivity contribution in [3.05, 3.63) is 64.7 Å². The first kappa shape index (κ1) is 16.7. The molecule has 3 nitrogen and oxygen atoms in total. The summed E-state index contributed by atoms with van der Waals surface area (Å²) < 4.78 is 78.4. The van der Waals surface area contributed by atoms with E-state index in [0.29, 0.717) is 0 Å². The predicted molar refractivity (Wildman–Crippen MR) is 68.1 cm³/mol. The third-order valence-electron chi connectivity index (χ3n) is 2.79. The van der Waals surface area contributed by atoms with Crippen molar-refractivity contribution in [3.8, 4) is 0 Å². The van der Waals surface area contributed by atoms with E-state index >= 15 is 0 Å². The van der Waals surface area contributed by atoms with Crippen molar-refractivity contribution in [3.63, 3.8) is 0 Å². The Labute approximate surface area is 125 Å². The van der Waals surface area contributed by atoms with Gasteiger partial charge in [-0.2, -0.15) is 0 Å². The zero-order chi connectivity index (χ0) is 17.1. The minimum Gasteiger partial charge on any atom is -0.293 e. The SMILES string of the molecule is O=C(Cc1cccc(F)c1)NNc1c(F)c(F)c(F)c(F)c1F. The van der Waals surface area contributed by atoms with Gasteiger partial charge in [-0.05, 0) is 17.7 Å². The summed E-state index contributed by atoms with van der Waals surface area (Å²) in [5, 5.41) is 0. The highest BCUT2D eigenvalue weighted by molar-refractivity contribution is 5.79. The molecule has 0 aliphatic carbocycles. The molecule has 2 rings (SSSR count). The molecule has 0 aliphatic heterocycles. The summed E-state index contributed by atoms with van der Waals surface area (Å²) in [5.41, 5.74) is 2.27. The fraction of sp³-hybridized carbons (Fsp3) is 0.0714. The van der Waals surface area contributed by atoms with Gasteiger partial charge in [0.15, 0.2) is 23.3 Å². The van der Waals surface area contributed by atoms with Gasteiger partial charge >= 0.3 is 0 Å². The molecule has 0 saturated heterocycles. The summed E-state index contributed by atoms with van der Waals surface area (Å²) in [6.07, 6.45) is -0.375. The smallest absolute Gasteiger partial charge is 0.242 e. The molecule has 122 valence electrons. The van der Waals surface area contributed by atoms with Gasteiger partial charge in [0.2, 0.25) is 11.7 Å². The van der Waals surface area contributed by atoms with Crippen molar-refractivity contribution < 1.29 is 31.1 Å². The first-order valence-corrected chi connectivity index (χ1v) is 6.12. The van der Waals surface area contributed by atoms with E-state index in [2.05, 4.69) is 0 Å². The molecule has 2 N–H and O–H groups in total. The topological polar surface area (TPSA) is 41.1 Å². The van der Waals surface area contributed by atoms with Crippen LogP contribution in [0.1, 0.15) is 5.56 Å². The lowest BCUT2D eigenvalue weighted by Gasteiger charge is -2.12. The molecular weight excluding hydrogens is 326 g/mol. The van der Waals surface area contributed by atoms with Crippen LogP contribution in [0.4, 0.5) is 32.0 Å². The van der Waals surface area contributed by atoms with Crippen LogP contribution < -0.4 is 10.9 Å². The van der Waals surface area contributed by atoms with Crippen molar-refractivity contribution >= 4 is 11.6 Å². The summed E-state index contributed by atoms with van der Waals surface area (Å²) in [6.45, 7) is 0. The Balaban J connectivity index is 2.11. The standard InChI is InChI=1S/C14H8F6N2O/c15-7-3-1-2-6(4-7)5-8(23)21-22-14-12(19)10(17)9(16)11(18)13(14)20/h1-4,22H,5H2,(H,21,23). The second-order valence-corrected chi connectivity index (χ2v) is 4.42. The zero-order valence-corrected chi connectivity index (χ0v) is 11.2. The molecule has 23 heavy (non-hydrogen) atoms. The van der Waals surface area contributed by atoms with Gasteiger partial charge in [0.05, 0.1) is 6.42 Å². The molecule has 9 heteroatoms. The molecule has 2 aromatic rings. The van der Waals surface area contributed by atoms with E-state index in [-0.39, 0.29) is 12.0 Å². The lowest BCUT2D eigenvalue weighted by Crippen LogP contribution is -2.32. The lowest BCUT2D eigenvalue weighted by molar-refractivity contribution is -0.119. The number of anilines is 1. The van der Waals surface area contributed by atoms with E-state index in [1.165, 1.54) is 12.1 Å². The quantitative estimate of drug-likeness (QED) is 0.390. The van der Waals surface area contributed by atoms with Crippen LogP contribution in [0, 0.1) is 34.9 Å². The van der Waals surface area contributed by atoms with Gasteiger partial charge in [0.25, 0.3) is 0 Å². The van der Waals surface area contributed by atoms with Gasteiger partial charge < -0.3 is 0 Å². The first-order valence-electron chi connectivity index (χ1n) is 6.12. The molecule has 0 atom stereocenters. The van der Waals surface area contributed by atoms with Crippen LogP contribution >= 0.6 is 0 Å². The van der Waals surface area contributed by atoms with Crippen LogP contribution in [0.5, 0.6) is 0 Å². The fourth-order valence-corrected chi connectivity index (χ4v) is 1.72. The molecule has 0 unspecified atom stereocenters. The van der Waals surface area contributed by atoms with Crippen LogP contribution in [0.15, 0.2) is 24.3 Å². The first-order chi connectivity index (χ1) is 10.8. The molecule has 0 heterocycles. The highest BCUT2D eigenvalue weighted by atomic mass is 19.2. The maximum atomic E-state index is 13.3. The van der Waals surface area contributed by atoms with Gasteiger partial charge in [-0.25, -0.2) is 26.3 Å². The minimum atomic E-state index is -2.31. The Bertz CT molecular complexity index is 736. The van der Waals surface area contributed by atoms with Crippen molar-refractivity contribution in [2.24, 2.45) is 0 Å². The van der Waals surface area contributed by atoms with E-state index in [4.69, 9.17) is 0 Å². The number of benzene rings is 2. The molecule has 0 bridgehead atoms. The third kappa shape index (κ3) is 3.55. The van der Waals surface area contributed by atoms with Crippen molar-refractivity contribution in [1.29, 1.82) is 0 Å². The number of halogens is 6. The monoisotopic (exact) mass is 334 g/mol. The van der Waals surface area contributed by atoms with E-state index in [9.17, 15) is 31.1 Å². The number of nitrogens with one attached hydrogen (secondary N) is 2. The summed E-state index contributed by atoms with van der Waals surface area (Å²) in [4.78, 5) is 11.6. The van der Waals surface area contributed by atoms with E-state index in [1.54, 1.807) is 10.9 Å². The Kier molecular flexibility index (Phi) is 4.77. The highest BCUT2D eigenvalue weighted by Crippen LogP contribution is 2.26. The summed E-state index contributed by atoms with van der Waals surface area (Å²) in [5.74, 6) is -12.3. The van der Waals surface area contributed by atoms with Gasteiger partial charge in [-0.15, -0.1) is 0 Å². The average molecular weight is 334 g/mol. The van der Waals surface area contributed by atoms with Gasteiger partial charge in [0, 0.05) is 0 Å². The maximum absolute atomic E-state index is 13.3. The van der Waals surface area contributed by atoms with Crippen molar-refractivity contribution in [1.82, 2.24) is 5.43 Å². The maximum Gasteiger partial charge on any atom is 0.242 e. The second-order valence-electron chi connectivity index (χ2n) is 4.42. The van der Waals surface area contributed by atoms with Crippen LogP contribution in [-0.4, -0.2) is 5.91 Å². The number of hydrogen-bond acceptors (Lipinski definition) is 2. The molecular formula is C14H8F6N2O. The minimum absolute atomic E-state index is 0.252. The number of carbonyl (C=O) groups excluding carboxylic acids is 1. The molecule has 0 radical (unpaired) electrons. The Morgan fingerprint density at radius 2 is 1.43 bits per heavy atom. The molecule has 0 aliphatic rings. The van der Waals surface area contributed by atoms with Crippen LogP contribution in [0.3, 0.4) is 0 Å². The average Bonchev–Trinajstić information content (AvgIpc) is 2.51. The summed E-state index contributed by atoms with van der Waals surface area (Å²) >= 11 is 0. The van der Waals surface area contributed by atoms with Crippen molar-refractivity contribution in [2.75, 3.05) is 5.43 Å². The van der Waals surface area contributed by atoms with Crippen LogP contribution in [0.2, 0.25) is 0 Å². The van der Waals surface area contributed by atoms with E-state index in [0.717, 1.165) is 12.1 Å². The van der Waals surface area contributed by atoms with E-state index in [1.807, 2.05) is 0 Å². The number of hydrogen-bond donors (Lipinski definition) is 2. The number of rotatable bonds is 4. The molecule has 0 saturated carbocycles. The predicted octanol–water partition coefficient (Wildman–Crippen LogP) is 3.21. The Hall–Kier alpha value is -2.71. The van der Waals surface area contributed by atoms with Crippen LogP contribution in [0.25, 0.3) is 0 Å². The van der Waals surface area contributed by atoms with Crippen molar-refractivity contribution in [2.45, 2.75) is 6.42 Å².